The van der Waals surface area contributed by atoms with Gasteiger partial charge in [0.15, 0.2) is 0 Å². The zero-order chi connectivity index (χ0) is 19.6. The van der Waals surface area contributed by atoms with Crippen molar-refractivity contribution in [2.45, 2.75) is 46.1 Å². The molecule has 150 valence electrons. The summed E-state index contributed by atoms with van der Waals surface area (Å²) in [5, 5.41) is 7.07. The molecule has 1 aliphatic rings. The van der Waals surface area contributed by atoms with Gasteiger partial charge in [-0.15, -0.1) is 11.3 Å². The number of thiophene rings is 1. The number of nitrogens with zero attached hydrogens (tertiary/aromatic N) is 3. The molecule has 0 saturated carbocycles. The Morgan fingerprint density at radius 2 is 2.00 bits per heavy atom. The maximum atomic E-state index is 11.4. The van der Waals surface area contributed by atoms with Gasteiger partial charge in [0.2, 0.25) is 0 Å². The largest absolute Gasteiger partial charge is 0.367 e. The van der Waals surface area contributed by atoms with Crippen molar-refractivity contribution in [3.63, 3.8) is 0 Å². The number of hydrogen-bond donors (Lipinski definition) is 1. The van der Waals surface area contributed by atoms with Gasteiger partial charge in [-0.1, -0.05) is 13.8 Å². The third kappa shape index (κ3) is 5.62. The first kappa shape index (κ1) is 20.5. The van der Waals surface area contributed by atoms with Gasteiger partial charge in [-0.05, 0) is 43.0 Å². The van der Waals surface area contributed by atoms with Crippen molar-refractivity contribution in [3.05, 3.63) is 16.8 Å². The Morgan fingerprint density at radius 1 is 1.30 bits per heavy atom. The molecule has 3 heterocycles. The van der Waals surface area contributed by atoms with Gasteiger partial charge in [0, 0.05) is 31.9 Å². The van der Waals surface area contributed by atoms with Crippen LogP contribution in [-0.2, 0) is 16.3 Å². The normalized spacial score (nSPS) is 17.1. The first-order valence-electron chi connectivity index (χ1n) is 9.62. The van der Waals surface area contributed by atoms with E-state index in [-0.39, 0.29) is 5.75 Å². The van der Waals surface area contributed by atoms with Gasteiger partial charge in [0.25, 0.3) is 0 Å². The van der Waals surface area contributed by atoms with Gasteiger partial charge >= 0.3 is 0 Å². The van der Waals surface area contributed by atoms with E-state index >= 15 is 0 Å². The molecule has 6 nitrogen and oxygen atoms in total. The Balaban J connectivity index is 1.69. The highest BCUT2D eigenvalue weighted by Gasteiger charge is 2.22. The molecule has 1 fully saturated rings. The molecule has 0 aliphatic carbocycles. The molecule has 2 aromatic rings. The van der Waals surface area contributed by atoms with Crippen LogP contribution in [-0.4, -0.2) is 61.0 Å². The summed E-state index contributed by atoms with van der Waals surface area (Å²) in [5.74, 6) is 2.59. The summed E-state index contributed by atoms with van der Waals surface area (Å²) in [6.07, 6.45) is 4.33. The average Bonchev–Trinajstić information content (AvgIpc) is 2.95. The quantitative estimate of drug-likeness (QED) is 0.756. The summed E-state index contributed by atoms with van der Waals surface area (Å²) in [4.78, 5) is 12.6. The minimum atomic E-state index is -2.90. The van der Waals surface area contributed by atoms with E-state index in [1.165, 1.54) is 17.2 Å². The third-order valence-corrected chi connectivity index (χ3v) is 6.80. The predicted octanol–water partition coefficient (Wildman–Crippen LogP) is 3.12. The molecule has 1 N–H and O–H groups in total. The molecule has 3 rings (SSSR count). The number of fused-ring (bicyclic) bond motifs is 1. The molecular weight excluding hydrogens is 380 g/mol. The number of aromatic nitrogens is 2. The number of piperidine rings is 1. The van der Waals surface area contributed by atoms with Gasteiger partial charge in [0.1, 0.15) is 26.3 Å². The Bertz CT molecular complexity index is 884. The smallest absolute Gasteiger partial charge is 0.148 e. The van der Waals surface area contributed by atoms with Gasteiger partial charge in [0.05, 0.1) is 11.1 Å². The van der Waals surface area contributed by atoms with E-state index in [1.54, 1.807) is 11.3 Å². The number of anilines is 1. The standard InChI is InChI=1S/C19H30N4O2S2/c1-13(2)11-15-12-26-19-17(15)18(20-14(3)21-19)22-16-5-7-23(8-6-16)9-10-27(4,24)25/h12-13,16H,5-11H2,1-4H3,(H,20,21,22). The highest BCUT2D eigenvalue weighted by molar-refractivity contribution is 7.90. The van der Waals surface area contributed by atoms with E-state index < -0.39 is 9.84 Å². The Morgan fingerprint density at radius 3 is 2.63 bits per heavy atom. The topological polar surface area (TPSA) is 75.2 Å². The molecule has 0 bridgehead atoms. The summed E-state index contributed by atoms with van der Waals surface area (Å²) >= 11 is 1.70. The third-order valence-electron chi connectivity index (χ3n) is 4.96. The number of rotatable bonds is 7. The maximum Gasteiger partial charge on any atom is 0.148 e. The summed E-state index contributed by atoms with van der Waals surface area (Å²) in [6.45, 7) is 8.88. The fourth-order valence-corrected chi connectivity index (χ4v) is 5.18. The van der Waals surface area contributed by atoms with E-state index in [2.05, 4.69) is 34.4 Å². The summed E-state index contributed by atoms with van der Waals surface area (Å²) in [5.41, 5.74) is 1.33. The molecule has 1 saturated heterocycles. The lowest BCUT2D eigenvalue weighted by Crippen LogP contribution is -2.41. The minimum absolute atomic E-state index is 0.240. The lowest BCUT2D eigenvalue weighted by Gasteiger charge is -2.32. The number of aryl methyl sites for hydroxylation is 1. The van der Waals surface area contributed by atoms with Crippen LogP contribution >= 0.6 is 11.3 Å². The van der Waals surface area contributed by atoms with E-state index in [0.717, 1.165) is 48.8 Å². The van der Waals surface area contributed by atoms with Crippen LogP contribution in [0, 0.1) is 12.8 Å². The monoisotopic (exact) mass is 410 g/mol. The lowest BCUT2D eigenvalue weighted by molar-refractivity contribution is 0.230. The van der Waals surface area contributed by atoms with Crippen LogP contribution in [0.15, 0.2) is 5.38 Å². The van der Waals surface area contributed by atoms with Crippen LogP contribution in [0.2, 0.25) is 0 Å². The van der Waals surface area contributed by atoms with Gasteiger partial charge < -0.3 is 10.2 Å². The van der Waals surface area contributed by atoms with Gasteiger partial charge in [-0.2, -0.15) is 0 Å². The molecule has 1 aliphatic heterocycles. The van der Waals surface area contributed by atoms with Crippen molar-refractivity contribution in [2.24, 2.45) is 5.92 Å². The summed E-state index contributed by atoms with van der Waals surface area (Å²) < 4.78 is 22.7. The molecule has 8 heteroatoms. The molecule has 27 heavy (non-hydrogen) atoms. The highest BCUT2D eigenvalue weighted by Crippen LogP contribution is 2.32. The first-order chi connectivity index (χ1) is 12.7. The second-order valence-electron chi connectivity index (χ2n) is 8.05. The second-order valence-corrected chi connectivity index (χ2v) is 11.2. The molecular formula is C19H30N4O2S2. The fourth-order valence-electron chi connectivity index (χ4n) is 3.59. The van der Waals surface area contributed by atoms with E-state index in [9.17, 15) is 8.42 Å². The van der Waals surface area contributed by atoms with Gasteiger partial charge in [-0.25, -0.2) is 18.4 Å². The van der Waals surface area contributed by atoms with Crippen molar-refractivity contribution in [1.29, 1.82) is 0 Å². The van der Waals surface area contributed by atoms with Crippen molar-refractivity contribution >= 4 is 37.2 Å². The van der Waals surface area contributed by atoms with Crippen molar-refractivity contribution in [2.75, 3.05) is 37.0 Å². The van der Waals surface area contributed by atoms with Crippen molar-refractivity contribution in [3.8, 4) is 0 Å². The zero-order valence-corrected chi connectivity index (χ0v) is 18.3. The maximum absolute atomic E-state index is 11.4. The average molecular weight is 411 g/mol. The Labute approximate surface area is 166 Å². The first-order valence-corrected chi connectivity index (χ1v) is 12.6. The van der Waals surface area contributed by atoms with Crippen molar-refractivity contribution in [1.82, 2.24) is 14.9 Å². The lowest BCUT2D eigenvalue weighted by atomic mass is 10.0. The summed E-state index contributed by atoms with van der Waals surface area (Å²) in [6, 6.07) is 0.365. The zero-order valence-electron chi connectivity index (χ0n) is 16.7. The van der Waals surface area contributed by atoms with E-state index in [0.29, 0.717) is 18.5 Å². The molecule has 0 amide bonds. The van der Waals surface area contributed by atoms with Crippen molar-refractivity contribution < 1.29 is 8.42 Å². The second kappa shape index (κ2) is 8.41. The number of nitrogens with one attached hydrogen (secondary N) is 1. The van der Waals surface area contributed by atoms with Crippen LogP contribution in [0.3, 0.4) is 0 Å². The van der Waals surface area contributed by atoms with E-state index in [1.807, 2.05) is 6.92 Å². The number of likely N-dealkylation sites (tertiary alicyclic amines) is 1. The molecule has 0 atom stereocenters. The molecule has 2 aromatic heterocycles. The molecule has 0 spiro atoms. The highest BCUT2D eigenvalue weighted by atomic mass is 32.2. The van der Waals surface area contributed by atoms with Crippen LogP contribution in [0.1, 0.15) is 38.1 Å². The molecule has 0 aromatic carbocycles. The Kier molecular flexibility index (Phi) is 6.38. The Hall–Kier alpha value is -1.25. The minimum Gasteiger partial charge on any atom is -0.367 e. The van der Waals surface area contributed by atoms with Crippen LogP contribution in [0.4, 0.5) is 5.82 Å². The predicted molar refractivity (Wildman–Crippen MR) is 113 cm³/mol. The van der Waals surface area contributed by atoms with Crippen LogP contribution < -0.4 is 5.32 Å². The van der Waals surface area contributed by atoms with Gasteiger partial charge in [-0.3, -0.25) is 0 Å². The number of sulfone groups is 1. The molecule has 0 unspecified atom stereocenters. The van der Waals surface area contributed by atoms with Crippen LogP contribution in [0.5, 0.6) is 0 Å². The summed E-state index contributed by atoms with van der Waals surface area (Å²) in [7, 11) is -2.90. The fraction of sp³-hybridized carbons (Fsp3) is 0.684. The van der Waals surface area contributed by atoms with E-state index in [4.69, 9.17) is 4.98 Å². The SMILES string of the molecule is Cc1nc(NC2CCN(CCS(C)(=O)=O)CC2)c2c(CC(C)C)csc2n1. The van der Waals surface area contributed by atoms with Crippen LogP contribution in [0.25, 0.3) is 10.2 Å². The molecule has 0 radical (unpaired) electrons. The number of hydrogen-bond acceptors (Lipinski definition) is 7.